The van der Waals surface area contributed by atoms with Gasteiger partial charge in [-0.2, -0.15) is 5.10 Å². The van der Waals surface area contributed by atoms with E-state index in [4.69, 9.17) is 0 Å². The predicted molar refractivity (Wildman–Crippen MR) is 75.4 cm³/mol. The number of hydrogen-bond acceptors (Lipinski definition) is 3. The van der Waals surface area contributed by atoms with E-state index in [1.54, 1.807) is 24.5 Å². The van der Waals surface area contributed by atoms with Crippen LogP contribution in [0.5, 0.6) is 0 Å². The first kappa shape index (κ1) is 12.4. The zero-order valence-corrected chi connectivity index (χ0v) is 10.9. The Bertz CT molecular complexity index is 724. The number of hydrogen-bond donors (Lipinski definition) is 0. The third-order valence-electron chi connectivity index (χ3n) is 3.03. The molecule has 98 valence electrons. The molecule has 0 unspecified atom stereocenters. The molecule has 0 aliphatic carbocycles. The highest BCUT2D eigenvalue weighted by molar-refractivity contribution is 5.80. The Balaban J connectivity index is 2.19. The van der Waals surface area contributed by atoms with Crippen LogP contribution in [0.1, 0.15) is 5.69 Å². The van der Waals surface area contributed by atoms with E-state index in [0.29, 0.717) is 0 Å². The average molecular weight is 265 g/mol. The fourth-order valence-corrected chi connectivity index (χ4v) is 2.06. The van der Waals surface area contributed by atoms with Crippen LogP contribution in [0.4, 0.5) is 4.39 Å². The number of pyridine rings is 1. The molecule has 0 spiro atoms. The zero-order chi connectivity index (χ0) is 13.9. The molecule has 2 aromatic heterocycles. The third-order valence-corrected chi connectivity index (χ3v) is 3.03. The molecule has 3 rings (SSSR count). The highest BCUT2D eigenvalue weighted by atomic mass is 19.1. The minimum Gasteiger partial charge on any atom is -0.265 e. The average Bonchev–Trinajstić information content (AvgIpc) is 2.49. The maximum atomic E-state index is 13.0. The molecule has 0 N–H and O–H groups in total. The Kier molecular flexibility index (Phi) is 3.21. The molecule has 0 atom stereocenters. The van der Waals surface area contributed by atoms with Gasteiger partial charge in [-0.1, -0.05) is 0 Å². The summed E-state index contributed by atoms with van der Waals surface area (Å²) in [7, 11) is 0. The van der Waals surface area contributed by atoms with E-state index >= 15 is 0 Å². The summed E-state index contributed by atoms with van der Waals surface area (Å²) in [5.74, 6) is -0.265. The van der Waals surface area contributed by atoms with Crippen molar-refractivity contribution in [3.63, 3.8) is 0 Å². The van der Waals surface area contributed by atoms with Crippen LogP contribution in [0, 0.1) is 12.7 Å². The summed E-state index contributed by atoms with van der Waals surface area (Å²) in [5.41, 5.74) is 4.39. The summed E-state index contributed by atoms with van der Waals surface area (Å²) >= 11 is 0. The number of aromatic nitrogens is 3. The van der Waals surface area contributed by atoms with E-state index in [-0.39, 0.29) is 5.82 Å². The monoisotopic (exact) mass is 265 g/mol. The topological polar surface area (TPSA) is 38.7 Å². The summed E-state index contributed by atoms with van der Waals surface area (Å²) in [6.45, 7) is 1.89. The smallest absolute Gasteiger partial charge is 0.123 e. The molecule has 0 fully saturated rings. The van der Waals surface area contributed by atoms with Gasteiger partial charge in [-0.25, -0.2) is 4.39 Å². The van der Waals surface area contributed by atoms with Gasteiger partial charge in [0.2, 0.25) is 0 Å². The van der Waals surface area contributed by atoms with Crippen molar-refractivity contribution in [1.82, 2.24) is 15.2 Å². The Morgan fingerprint density at radius 1 is 0.850 bits per heavy atom. The van der Waals surface area contributed by atoms with Crippen molar-refractivity contribution in [3.05, 3.63) is 66.4 Å². The van der Waals surface area contributed by atoms with Crippen LogP contribution in [-0.4, -0.2) is 15.2 Å². The highest BCUT2D eigenvalue weighted by Gasteiger charge is 2.10. The van der Waals surface area contributed by atoms with Gasteiger partial charge in [0, 0.05) is 23.5 Å². The highest BCUT2D eigenvalue weighted by Crippen LogP contribution is 2.29. The molecule has 0 aliphatic rings. The lowest BCUT2D eigenvalue weighted by Gasteiger charge is -2.09. The maximum absolute atomic E-state index is 13.0. The molecule has 0 aliphatic heterocycles. The van der Waals surface area contributed by atoms with Crippen molar-refractivity contribution in [2.24, 2.45) is 0 Å². The molecule has 0 saturated heterocycles. The van der Waals surface area contributed by atoms with Crippen molar-refractivity contribution >= 4 is 0 Å². The van der Waals surface area contributed by atoms with Crippen LogP contribution in [0.3, 0.4) is 0 Å². The van der Waals surface area contributed by atoms with Crippen molar-refractivity contribution in [2.75, 3.05) is 0 Å². The van der Waals surface area contributed by atoms with Gasteiger partial charge in [0.15, 0.2) is 0 Å². The zero-order valence-electron chi connectivity index (χ0n) is 10.9. The lowest BCUT2D eigenvalue weighted by Crippen LogP contribution is -1.95. The van der Waals surface area contributed by atoms with Gasteiger partial charge >= 0.3 is 0 Å². The van der Waals surface area contributed by atoms with Crippen LogP contribution >= 0.6 is 0 Å². The van der Waals surface area contributed by atoms with Crippen LogP contribution in [-0.2, 0) is 0 Å². The minimum absolute atomic E-state index is 0.265. The second kappa shape index (κ2) is 5.17. The van der Waals surface area contributed by atoms with Crippen molar-refractivity contribution in [2.45, 2.75) is 6.92 Å². The number of halogens is 1. The fraction of sp³-hybridized carbons (Fsp3) is 0.0625. The van der Waals surface area contributed by atoms with E-state index in [1.807, 2.05) is 25.1 Å². The molecule has 20 heavy (non-hydrogen) atoms. The fourth-order valence-electron chi connectivity index (χ4n) is 2.06. The second-order valence-corrected chi connectivity index (χ2v) is 4.49. The molecule has 1 aromatic carbocycles. The van der Waals surface area contributed by atoms with Gasteiger partial charge in [-0.3, -0.25) is 4.98 Å². The molecular formula is C16H12FN3. The van der Waals surface area contributed by atoms with E-state index in [9.17, 15) is 4.39 Å². The second-order valence-electron chi connectivity index (χ2n) is 4.49. The van der Waals surface area contributed by atoms with Crippen LogP contribution in [0.2, 0.25) is 0 Å². The molecule has 0 amide bonds. The minimum atomic E-state index is -0.265. The standard InChI is InChI=1S/C16H12FN3/c1-11-10-15(12-6-8-18-9-7-12)16(20-19-11)13-2-4-14(17)5-3-13/h2-10H,1H3. The Morgan fingerprint density at radius 3 is 2.25 bits per heavy atom. The van der Waals surface area contributed by atoms with E-state index < -0.39 is 0 Å². The number of nitrogens with zero attached hydrogens (tertiary/aromatic N) is 3. The third kappa shape index (κ3) is 2.40. The first-order valence-electron chi connectivity index (χ1n) is 6.25. The number of rotatable bonds is 2. The van der Waals surface area contributed by atoms with Crippen molar-refractivity contribution < 1.29 is 4.39 Å². The van der Waals surface area contributed by atoms with Gasteiger partial charge in [-0.15, -0.1) is 5.10 Å². The molecule has 0 saturated carbocycles. The summed E-state index contributed by atoms with van der Waals surface area (Å²) in [4.78, 5) is 4.02. The summed E-state index contributed by atoms with van der Waals surface area (Å²) in [6.07, 6.45) is 3.47. The van der Waals surface area contributed by atoms with Crippen LogP contribution < -0.4 is 0 Å². The molecule has 4 heteroatoms. The summed E-state index contributed by atoms with van der Waals surface area (Å²) in [6, 6.07) is 12.1. The van der Waals surface area contributed by atoms with Crippen LogP contribution in [0.25, 0.3) is 22.4 Å². The van der Waals surface area contributed by atoms with Crippen LogP contribution in [0.15, 0.2) is 54.9 Å². The predicted octanol–water partition coefficient (Wildman–Crippen LogP) is 3.65. The first-order valence-corrected chi connectivity index (χ1v) is 6.25. The molecule has 3 nitrogen and oxygen atoms in total. The largest absolute Gasteiger partial charge is 0.265 e. The van der Waals surface area contributed by atoms with Gasteiger partial charge in [-0.05, 0) is 55.0 Å². The van der Waals surface area contributed by atoms with Gasteiger partial charge in [0.25, 0.3) is 0 Å². The normalized spacial score (nSPS) is 10.5. The van der Waals surface area contributed by atoms with E-state index in [1.165, 1.54) is 12.1 Å². The Hall–Kier alpha value is -2.62. The molecule has 0 radical (unpaired) electrons. The molecule has 2 heterocycles. The van der Waals surface area contributed by atoms with Crippen molar-refractivity contribution in [3.8, 4) is 22.4 Å². The quantitative estimate of drug-likeness (QED) is 0.710. The number of aryl methyl sites for hydroxylation is 1. The SMILES string of the molecule is Cc1cc(-c2ccncc2)c(-c2ccc(F)cc2)nn1. The first-order chi connectivity index (χ1) is 9.74. The summed E-state index contributed by atoms with van der Waals surface area (Å²) in [5, 5.41) is 8.37. The van der Waals surface area contributed by atoms with E-state index in [2.05, 4.69) is 15.2 Å². The lowest BCUT2D eigenvalue weighted by molar-refractivity contribution is 0.628. The van der Waals surface area contributed by atoms with Crippen molar-refractivity contribution in [1.29, 1.82) is 0 Å². The molecular weight excluding hydrogens is 253 g/mol. The number of benzene rings is 1. The molecule has 3 aromatic rings. The van der Waals surface area contributed by atoms with Gasteiger partial charge in [0.05, 0.1) is 5.69 Å². The molecule has 0 bridgehead atoms. The Labute approximate surface area is 116 Å². The lowest BCUT2D eigenvalue weighted by atomic mass is 10.0. The van der Waals surface area contributed by atoms with Gasteiger partial charge in [0.1, 0.15) is 11.5 Å². The van der Waals surface area contributed by atoms with E-state index in [0.717, 1.165) is 28.1 Å². The van der Waals surface area contributed by atoms with Gasteiger partial charge < -0.3 is 0 Å². The summed E-state index contributed by atoms with van der Waals surface area (Å²) < 4.78 is 13.0. The Morgan fingerprint density at radius 2 is 1.55 bits per heavy atom. The maximum Gasteiger partial charge on any atom is 0.123 e.